The van der Waals surface area contributed by atoms with Gasteiger partial charge in [-0.1, -0.05) is 0 Å². The molecule has 1 atom stereocenters. The summed E-state index contributed by atoms with van der Waals surface area (Å²) in [6, 6.07) is -0.247. The molecule has 2 aliphatic heterocycles. The van der Waals surface area contributed by atoms with Crippen molar-refractivity contribution in [3.8, 4) is 0 Å². The van der Waals surface area contributed by atoms with E-state index in [1.807, 2.05) is 20.8 Å². The highest BCUT2D eigenvalue weighted by Crippen LogP contribution is 2.42. The van der Waals surface area contributed by atoms with Crippen molar-refractivity contribution in [1.29, 1.82) is 0 Å². The van der Waals surface area contributed by atoms with Crippen molar-refractivity contribution in [1.82, 2.24) is 10.2 Å². The normalized spacial score (nSPS) is 25.0. The van der Waals surface area contributed by atoms with Crippen LogP contribution in [-0.2, 0) is 14.3 Å². The lowest BCUT2D eigenvalue weighted by atomic mass is 9.72. The van der Waals surface area contributed by atoms with Crippen LogP contribution in [0.25, 0.3) is 0 Å². The van der Waals surface area contributed by atoms with E-state index < -0.39 is 5.60 Å². The smallest absolute Gasteiger partial charge is 0.410 e. The van der Waals surface area contributed by atoms with Crippen LogP contribution in [0, 0.1) is 5.41 Å². The molecular formula is C15H26N2O4. The van der Waals surface area contributed by atoms with Gasteiger partial charge in [-0.25, -0.2) is 4.79 Å². The fourth-order valence-corrected chi connectivity index (χ4v) is 3.28. The highest BCUT2D eigenvalue weighted by molar-refractivity contribution is 5.77. The molecule has 1 spiro atoms. The van der Waals surface area contributed by atoms with Crippen LogP contribution < -0.4 is 5.32 Å². The van der Waals surface area contributed by atoms with Gasteiger partial charge in [-0.3, -0.25) is 4.79 Å². The number of carbonyl (C=O) groups is 2. The molecule has 6 nitrogen and oxygen atoms in total. The Balaban J connectivity index is 1.96. The third kappa shape index (κ3) is 3.48. The maximum Gasteiger partial charge on any atom is 0.410 e. The average molecular weight is 298 g/mol. The fraction of sp³-hybridized carbons (Fsp3) is 0.867. The molecule has 0 aromatic rings. The molecule has 120 valence electrons. The summed E-state index contributed by atoms with van der Waals surface area (Å²) in [4.78, 5) is 25.7. The van der Waals surface area contributed by atoms with Crippen molar-refractivity contribution in [3.05, 3.63) is 0 Å². The summed E-state index contributed by atoms with van der Waals surface area (Å²) in [7, 11) is 1.42. The number of carbonyl (C=O) groups excluding carboxylic acids is 2. The second-order valence-corrected chi connectivity index (χ2v) is 6.99. The van der Waals surface area contributed by atoms with E-state index in [-0.39, 0.29) is 23.5 Å². The number of esters is 1. The van der Waals surface area contributed by atoms with Crippen LogP contribution in [0.1, 0.15) is 40.0 Å². The summed E-state index contributed by atoms with van der Waals surface area (Å²) in [6.07, 6.45) is 2.30. The van der Waals surface area contributed by atoms with Gasteiger partial charge in [-0.2, -0.15) is 0 Å². The van der Waals surface area contributed by atoms with Crippen molar-refractivity contribution >= 4 is 12.1 Å². The van der Waals surface area contributed by atoms with Gasteiger partial charge in [0.1, 0.15) is 11.6 Å². The largest absolute Gasteiger partial charge is 0.468 e. The number of ether oxygens (including phenoxy) is 2. The van der Waals surface area contributed by atoms with E-state index in [1.165, 1.54) is 7.11 Å². The Kier molecular flexibility index (Phi) is 4.46. The first-order chi connectivity index (χ1) is 9.77. The van der Waals surface area contributed by atoms with Gasteiger partial charge in [0, 0.05) is 18.5 Å². The maximum absolute atomic E-state index is 12.1. The molecule has 0 bridgehead atoms. The predicted molar refractivity (Wildman–Crippen MR) is 77.9 cm³/mol. The van der Waals surface area contributed by atoms with E-state index in [4.69, 9.17) is 9.47 Å². The summed E-state index contributed by atoms with van der Waals surface area (Å²) in [5, 5.41) is 3.24. The van der Waals surface area contributed by atoms with E-state index in [0.29, 0.717) is 13.1 Å². The molecule has 1 unspecified atom stereocenters. The monoisotopic (exact) mass is 298 g/mol. The third-order valence-electron chi connectivity index (χ3n) is 4.43. The Morgan fingerprint density at radius 2 is 1.81 bits per heavy atom. The van der Waals surface area contributed by atoms with Crippen LogP contribution >= 0.6 is 0 Å². The molecule has 6 heteroatoms. The summed E-state index contributed by atoms with van der Waals surface area (Å²) < 4.78 is 10.3. The van der Waals surface area contributed by atoms with Crippen LogP contribution in [0.2, 0.25) is 0 Å². The first-order valence-electron chi connectivity index (χ1n) is 7.57. The van der Waals surface area contributed by atoms with E-state index in [1.54, 1.807) is 4.90 Å². The average Bonchev–Trinajstić information content (AvgIpc) is 2.80. The molecule has 0 aliphatic carbocycles. The minimum atomic E-state index is -0.477. The Hall–Kier alpha value is -1.30. The van der Waals surface area contributed by atoms with Crippen LogP contribution in [-0.4, -0.2) is 55.3 Å². The zero-order valence-electron chi connectivity index (χ0n) is 13.4. The van der Waals surface area contributed by atoms with Crippen molar-refractivity contribution in [2.45, 2.75) is 51.7 Å². The Labute approximate surface area is 126 Å². The minimum absolute atomic E-state index is 0.0778. The molecule has 21 heavy (non-hydrogen) atoms. The molecule has 0 radical (unpaired) electrons. The van der Waals surface area contributed by atoms with Crippen LogP contribution in [0.5, 0.6) is 0 Å². The molecule has 0 aromatic heterocycles. The van der Waals surface area contributed by atoms with Gasteiger partial charge in [-0.15, -0.1) is 0 Å². The number of nitrogens with zero attached hydrogens (tertiary/aromatic N) is 1. The van der Waals surface area contributed by atoms with Crippen molar-refractivity contribution in [2.75, 3.05) is 26.7 Å². The lowest BCUT2D eigenvalue weighted by molar-refractivity contribution is -0.146. The number of nitrogens with one attached hydrogen (secondary N) is 1. The summed E-state index contributed by atoms with van der Waals surface area (Å²) in [5.41, 5.74) is -0.554. The van der Waals surface area contributed by atoms with Gasteiger partial charge >= 0.3 is 12.1 Å². The molecule has 2 fully saturated rings. The molecule has 0 aromatic carbocycles. The third-order valence-corrected chi connectivity index (χ3v) is 4.43. The van der Waals surface area contributed by atoms with E-state index in [9.17, 15) is 9.59 Å². The lowest BCUT2D eigenvalue weighted by Crippen LogP contribution is -2.51. The number of rotatable bonds is 1. The summed E-state index contributed by atoms with van der Waals surface area (Å²) in [5.74, 6) is -0.196. The number of hydrogen-bond donors (Lipinski definition) is 1. The molecule has 2 saturated heterocycles. The van der Waals surface area contributed by atoms with Crippen LogP contribution in [0.15, 0.2) is 0 Å². The number of piperidine rings is 1. The quantitative estimate of drug-likeness (QED) is 0.744. The van der Waals surface area contributed by atoms with Crippen molar-refractivity contribution in [3.63, 3.8) is 0 Å². The van der Waals surface area contributed by atoms with Gasteiger partial charge in [0.25, 0.3) is 0 Å². The molecular weight excluding hydrogens is 272 g/mol. The second-order valence-electron chi connectivity index (χ2n) is 6.99. The van der Waals surface area contributed by atoms with E-state index in [0.717, 1.165) is 25.8 Å². The Morgan fingerprint density at radius 1 is 1.19 bits per heavy atom. The summed E-state index contributed by atoms with van der Waals surface area (Å²) >= 11 is 0. The summed E-state index contributed by atoms with van der Waals surface area (Å²) in [6.45, 7) is 7.68. The maximum atomic E-state index is 12.1. The van der Waals surface area contributed by atoms with Crippen molar-refractivity contribution in [2.24, 2.45) is 5.41 Å². The van der Waals surface area contributed by atoms with Gasteiger partial charge in [0.05, 0.1) is 7.11 Å². The number of likely N-dealkylation sites (tertiary alicyclic amines) is 1. The molecule has 0 saturated carbocycles. The molecule has 2 rings (SSSR count). The second kappa shape index (κ2) is 5.83. The highest BCUT2D eigenvalue weighted by atomic mass is 16.6. The van der Waals surface area contributed by atoms with Gasteiger partial charge in [0.2, 0.25) is 0 Å². The number of hydrogen-bond acceptors (Lipinski definition) is 5. The zero-order chi connectivity index (χ0) is 15.7. The first kappa shape index (κ1) is 16.1. The first-order valence-corrected chi connectivity index (χ1v) is 7.57. The molecule has 2 heterocycles. The Morgan fingerprint density at radius 3 is 2.33 bits per heavy atom. The minimum Gasteiger partial charge on any atom is -0.468 e. The Bertz CT molecular complexity index is 408. The van der Waals surface area contributed by atoms with E-state index in [2.05, 4.69) is 5.32 Å². The van der Waals surface area contributed by atoms with E-state index >= 15 is 0 Å². The van der Waals surface area contributed by atoms with Crippen molar-refractivity contribution < 1.29 is 19.1 Å². The standard InChI is InChI=1S/C15H26N2O4/c1-14(2,3)21-13(19)17-9-6-15(7-10-17)5-8-16-11(15)12(18)20-4/h11,16H,5-10H2,1-4H3. The predicted octanol–water partition coefficient (Wildman–Crippen LogP) is 1.54. The van der Waals surface area contributed by atoms with Crippen LogP contribution in [0.4, 0.5) is 4.79 Å². The molecule has 1 amide bonds. The highest BCUT2D eigenvalue weighted by Gasteiger charge is 2.49. The zero-order valence-corrected chi connectivity index (χ0v) is 13.4. The van der Waals surface area contributed by atoms with Gasteiger partial charge in [0.15, 0.2) is 0 Å². The molecule has 2 aliphatic rings. The molecule has 1 N–H and O–H groups in total. The van der Waals surface area contributed by atoms with Crippen LogP contribution in [0.3, 0.4) is 0 Å². The van der Waals surface area contributed by atoms with Gasteiger partial charge in [-0.05, 0) is 46.6 Å². The number of amides is 1. The van der Waals surface area contributed by atoms with Gasteiger partial charge < -0.3 is 19.7 Å². The number of methoxy groups -OCH3 is 1. The lowest BCUT2D eigenvalue weighted by Gasteiger charge is -2.41. The topological polar surface area (TPSA) is 67.9 Å². The SMILES string of the molecule is COC(=O)C1NCCC12CCN(C(=O)OC(C)(C)C)CC2. The fourth-order valence-electron chi connectivity index (χ4n) is 3.28.